The molecule has 72 valence electrons. The lowest BCUT2D eigenvalue weighted by Gasteiger charge is -2.13. The van der Waals surface area contributed by atoms with Crippen LogP contribution in [-0.4, -0.2) is 40.7 Å². The number of hydrogen-bond acceptors (Lipinski definition) is 3. The first-order valence-electron chi connectivity index (χ1n) is 4.10. The van der Waals surface area contributed by atoms with Gasteiger partial charge in [-0.15, -0.1) is 0 Å². The first-order chi connectivity index (χ1) is 6.15. The summed E-state index contributed by atoms with van der Waals surface area (Å²) in [6.07, 6.45) is 1.74. The van der Waals surface area contributed by atoms with Gasteiger partial charge in [-0.3, -0.25) is 9.48 Å². The third-order valence-corrected chi connectivity index (χ3v) is 1.74. The fourth-order valence-corrected chi connectivity index (χ4v) is 1.02. The molecule has 0 atom stereocenters. The van der Waals surface area contributed by atoms with Crippen LogP contribution in [0.2, 0.25) is 0 Å². The van der Waals surface area contributed by atoms with Crippen molar-refractivity contribution in [2.75, 3.05) is 20.1 Å². The average molecular weight is 182 g/mol. The Morgan fingerprint density at radius 1 is 1.77 bits per heavy atom. The Morgan fingerprint density at radius 2 is 2.46 bits per heavy atom. The molecule has 0 spiro atoms. The minimum absolute atomic E-state index is 0.0916. The van der Waals surface area contributed by atoms with Crippen LogP contribution in [0.1, 0.15) is 10.5 Å². The fraction of sp³-hybridized carbons (Fsp3) is 0.500. The lowest BCUT2D eigenvalue weighted by Crippen LogP contribution is -2.31. The number of aryl methyl sites for hydroxylation is 1. The number of carbonyl (C=O) groups excluding carboxylic acids is 1. The van der Waals surface area contributed by atoms with E-state index in [4.69, 9.17) is 5.73 Å². The largest absolute Gasteiger partial charge is 0.339 e. The molecular weight excluding hydrogens is 168 g/mol. The van der Waals surface area contributed by atoms with Crippen molar-refractivity contribution in [3.8, 4) is 0 Å². The molecule has 0 saturated heterocycles. The van der Waals surface area contributed by atoms with Gasteiger partial charge in [0.2, 0.25) is 0 Å². The van der Waals surface area contributed by atoms with E-state index in [1.807, 2.05) is 0 Å². The summed E-state index contributed by atoms with van der Waals surface area (Å²) >= 11 is 0. The van der Waals surface area contributed by atoms with Crippen molar-refractivity contribution < 1.29 is 4.79 Å². The SMILES string of the molecule is CN(CCN)C(=O)c1ccn(C)n1. The highest BCUT2D eigenvalue weighted by Crippen LogP contribution is 1.98. The van der Waals surface area contributed by atoms with E-state index >= 15 is 0 Å². The third-order valence-electron chi connectivity index (χ3n) is 1.74. The van der Waals surface area contributed by atoms with E-state index in [1.165, 1.54) is 0 Å². The van der Waals surface area contributed by atoms with Crippen molar-refractivity contribution in [1.82, 2.24) is 14.7 Å². The second-order valence-corrected chi connectivity index (χ2v) is 2.89. The molecule has 1 aromatic rings. The van der Waals surface area contributed by atoms with Crippen LogP contribution in [0.25, 0.3) is 0 Å². The topological polar surface area (TPSA) is 64.2 Å². The molecule has 1 heterocycles. The quantitative estimate of drug-likeness (QED) is 0.682. The van der Waals surface area contributed by atoms with Crippen LogP contribution in [0.3, 0.4) is 0 Å². The van der Waals surface area contributed by atoms with Gasteiger partial charge in [-0.1, -0.05) is 0 Å². The second kappa shape index (κ2) is 4.04. The van der Waals surface area contributed by atoms with Crippen molar-refractivity contribution in [1.29, 1.82) is 0 Å². The van der Waals surface area contributed by atoms with Gasteiger partial charge in [-0.05, 0) is 6.07 Å². The van der Waals surface area contributed by atoms with E-state index in [-0.39, 0.29) is 5.91 Å². The van der Waals surface area contributed by atoms with Gasteiger partial charge in [0.15, 0.2) is 0 Å². The van der Waals surface area contributed by atoms with E-state index in [9.17, 15) is 4.79 Å². The number of aromatic nitrogens is 2. The first-order valence-corrected chi connectivity index (χ1v) is 4.10. The number of nitrogens with zero attached hydrogens (tertiary/aromatic N) is 3. The highest BCUT2D eigenvalue weighted by Gasteiger charge is 2.12. The minimum atomic E-state index is -0.0916. The van der Waals surface area contributed by atoms with Gasteiger partial charge in [0, 0.05) is 33.4 Å². The Labute approximate surface area is 77.1 Å². The van der Waals surface area contributed by atoms with Crippen LogP contribution >= 0.6 is 0 Å². The molecule has 1 aromatic heterocycles. The number of rotatable bonds is 3. The maximum absolute atomic E-state index is 11.5. The van der Waals surface area contributed by atoms with Crippen molar-refractivity contribution in [3.05, 3.63) is 18.0 Å². The van der Waals surface area contributed by atoms with Gasteiger partial charge >= 0.3 is 0 Å². The normalized spacial score (nSPS) is 10.1. The summed E-state index contributed by atoms with van der Waals surface area (Å²) in [5, 5.41) is 4.00. The molecule has 2 N–H and O–H groups in total. The van der Waals surface area contributed by atoms with Gasteiger partial charge in [-0.2, -0.15) is 5.10 Å². The molecule has 0 unspecified atom stereocenters. The van der Waals surface area contributed by atoms with Gasteiger partial charge in [0.05, 0.1) is 0 Å². The minimum Gasteiger partial charge on any atom is -0.339 e. The molecule has 1 amide bonds. The summed E-state index contributed by atoms with van der Waals surface area (Å²) < 4.78 is 1.60. The third kappa shape index (κ3) is 2.29. The highest BCUT2D eigenvalue weighted by atomic mass is 16.2. The smallest absolute Gasteiger partial charge is 0.274 e. The number of amides is 1. The summed E-state index contributed by atoms with van der Waals surface area (Å²) in [5.41, 5.74) is 5.79. The molecule has 0 saturated carbocycles. The van der Waals surface area contributed by atoms with Crippen molar-refractivity contribution >= 4 is 5.91 Å². The summed E-state index contributed by atoms with van der Waals surface area (Å²) in [6, 6.07) is 1.69. The number of nitrogens with two attached hydrogens (primary N) is 1. The van der Waals surface area contributed by atoms with Crippen LogP contribution < -0.4 is 5.73 Å². The maximum atomic E-state index is 11.5. The molecule has 5 nitrogen and oxygen atoms in total. The second-order valence-electron chi connectivity index (χ2n) is 2.89. The number of likely N-dealkylation sites (N-methyl/N-ethyl adjacent to an activating group) is 1. The Bertz CT molecular complexity index is 294. The molecule has 1 rings (SSSR count). The number of carbonyl (C=O) groups is 1. The molecular formula is C8H14N4O. The van der Waals surface area contributed by atoms with E-state index < -0.39 is 0 Å². The van der Waals surface area contributed by atoms with Gasteiger partial charge in [0.25, 0.3) is 5.91 Å². The van der Waals surface area contributed by atoms with Crippen molar-refractivity contribution in [2.24, 2.45) is 12.8 Å². The lowest BCUT2D eigenvalue weighted by atomic mass is 10.4. The summed E-state index contributed by atoms with van der Waals surface area (Å²) in [7, 11) is 3.49. The Kier molecular flexibility index (Phi) is 3.02. The van der Waals surface area contributed by atoms with Gasteiger partial charge < -0.3 is 10.6 Å². The van der Waals surface area contributed by atoms with Gasteiger partial charge in [0.1, 0.15) is 5.69 Å². The maximum Gasteiger partial charge on any atom is 0.274 e. The summed E-state index contributed by atoms with van der Waals surface area (Å²) in [4.78, 5) is 13.1. The van der Waals surface area contributed by atoms with E-state index in [0.29, 0.717) is 18.8 Å². The Hall–Kier alpha value is -1.36. The van der Waals surface area contributed by atoms with Crippen molar-refractivity contribution in [2.45, 2.75) is 0 Å². The monoisotopic (exact) mass is 182 g/mol. The molecule has 0 aliphatic carbocycles. The Balaban J connectivity index is 2.67. The average Bonchev–Trinajstić information content (AvgIpc) is 2.51. The van der Waals surface area contributed by atoms with Crippen LogP contribution in [0.5, 0.6) is 0 Å². The zero-order valence-corrected chi connectivity index (χ0v) is 7.90. The molecule has 0 aromatic carbocycles. The predicted molar refractivity (Wildman–Crippen MR) is 49.2 cm³/mol. The zero-order chi connectivity index (χ0) is 9.84. The van der Waals surface area contributed by atoms with Crippen LogP contribution in [0.15, 0.2) is 12.3 Å². The van der Waals surface area contributed by atoms with E-state index in [2.05, 4.69) is 5.10 Å². The Morgan fingerprint density at radius 3 is 2.92 bits per heavy atom. The summed E-state index contributed by atoms with van der Waals surface area (Å²) in [6.45, 7) is 1.02. The highest BCUT2D eigenvalue weighted by molar-refractivity contribution is 5.91. The van der Waals surface area contributed by atoms with E-state index in [0.717, 1.165) is 0 Å². The molecule has 13 heavy (non-hydrogen) atoms. The number of hydrogen-bond donors (Lipinski definition) is 1. The molecule has 5 heteroatoms. The van der Waals surface area contributed by atoms with Crippen molar-refractivity contribution in [3.63, 3.8) is 0 Å². The molecule has 0 aliphatic heterocycles. The van der Waals surface area contributed by atoms with Gasteiger partial charge in [-0.25, -0.2) is 0 Å². The fourth-order valence-electron chi connectivity index (χ4n) is 1.02. The predicted octanol–water partition coefficient (Wildman–Crippen LogP) is -0.549. The lowest BCUT2D eigenvalue weighted by molar-refractivity contribution is 0.0792. The molecule has 0 fully saturated rings. The van der Waals surface area contributed by atoms with E-state index in [1.54, 1.807) is 35.9 Å². The standard InChI is InChI=1S/C8H14N4O/c1-11(6-4-9)8(13)7-3-5-12(2)10-7/h3,5H,4,6,9H2,1-2H3. The molecule has 0 bridgehead atoms. The van der Waals surface area contributed by atoms with Crippen LogP contribution in [0, 0.1) is 0 Å². The molecule has 0 radical (unpaired) electrons. The summed E-state index contributed by atoms with van der Waals surface area (Å²) in [5.74, 6) is -0.0916. The van der Waals surface area contributed by atoms with Crippen LogP contribution in [-0.2, 0) is 7.05 Å². The molecule has 0 aliphatic rings. The zero-order valence-electron chi connectivity index (χ0n) is 7.90. The van der Waals surface area contributed by atoms with Crippen LogP contribution in [0.4, 0.5) is 0 Å². The first kappa shape index (κ1) is 9.73.